The molecule has 1 N–H and O–H groups in total. The first-order chi connectivity index (χ1) is 9.04. The number of nitro benzene ring substituents is 1. The summed E-state index contributed by atoms with van der Waals surface area (Å²) in [7, 11) is 0. The third kappa shape index (κ3) is 2.58. The van der Waals surface area contributed by atoms with Crippen molar-refractivity contribution in [1.29, 1.82) is 0 Å². The van der Waals surface area contributed by atoms with Crippen LogP contribution >= 0.6 is 0 Å². The van der Waals surface area contributed by atoms with Crippen molar-refractivity contribution in [2.45, 2.75) is 19.9 Å². The molecule has 1 saturated heterocycles. The summed E-state index contributed by atoms with van der Waals surface area (Å²) in [6.45, 7) is 5.76. The highest BCUT2D eigenvalue weighted by atomic mass is 16.6. The second kappa shape index (κ2) is 5.36. The van der Waals surface area contributed by atoms with Gasteiger partial charge < -0.3 is 10.2 Å². The lowest BCUT2D eigenvalue weighted by Crippen LogP contribution is -2.58. The van der Waals surface area contributed by atoms with Gasteiger partial charge in [0, 0.05) is 25.7 Å². The molecular formula is C13H17N3O3. The molecular weight excluding hydrogens is 246 g/mol. The number of nitro groups is 1. The van der Waals surface area contributed by atoms with Crippen molar-refractivity contribution in [1.82, 2.24) is 10.2 Å². The van der Waals surface area contributed by atoms with Crippen LogP contribution in [0.2, 0.25) is 0 Å². The first kappa shape index (κ1) is 13.5. The van der Waals surface area contributed by atoms with E-state index in [0.717, 1.165) is 18.7 Å². The minimum atomic E-state index is -0.500. The van der Waals surface area contributed by atoms with Gasteiger partial charge in [-0.1, -0.05) is 6.07 Å². The van der Waals surface area contributed by atoms with Gasteiger partial charge in [0.15, 0.2) is 0 Å². The van der Waals surface area contributed by atoms with Crippen LogP contribution in [-0.2, 0) is 0 Å². The van der Waals surface area contributed by atoms with E-state index in [1.807, 2.05) is 13.8 Å². The molecule has 1 heterocycles. The van der Waals surface area contributed by atoms with Gasteiger partial charge in [-0.25, -0.2) is 0 Å². The zero-order chi connectivity index (χ0) is 14.0. The highest BCUT2D eigenvalue weighted by molar-refractivity contribution is 5.98. The number of carbonyl (C=O) groups excluding carboxylic acids is 1. The van der Waals surface area contributed by atoms with E-state index in [9.17, 15) is 14.9 Å². The Morgan fingerprint density at radius 2 is 2.21 bits per heavy atom. The maximum absolute atomic E-state index is 12.5. The number of rotatable bonds is 4. The largest absolute Gasteiger partial charge is 0.333 e. The Hall–Kier alpha value is -1.95. The van der Waals surface area contributed by atoms with E-state index in [-0.39, 0.29) is 23.2 Å². The van der Waals surface area contributed by atoms with Crippen molar-refractivity contribution in [2.24, 2.45) is 0 Å². The van der Waals surface area contributed by atoms with Crippen LogP contribution < -0.4 is 5.32 Å². The van der Waals surface area contributed by atoms with Crippen molar-refractivity contribution in [3.05, 3.63) is 39.4 Å². The fourth-order valence-electron chi connectivity index (χ4n) is 2.20. The molecule has 1 aromatic rings. The summed E-state index contributed by atoms with van der Waals surface area (Å²) in [4.78, 5) is 24.7. The second-order valence-electron chi connectivity index (χ2n) is 4.68. The summed E-state index contributed by atoms with van der Waals surface area (Å²) in [5.74, 6) is -0.260. The monoisotopic (exact) mass is 263 g/mol. The molecule has 19 heavy (non-hydrogen) atoms. The maximum Gasteiger partial charge on any atom is 0.282 e. The van der Waals surface area contributed by atoms with Crippen molar-refractivity contribution in [3.63, 3.8) is 0 Å². The van der Waals surface area contributed by atoms with E-state index in [1.54, 1.807) is 17.0 Å². The van der Waals surface area contributed by atoms with Gasteiger partial charge in [0.1, 0.15) is 5.56 Å². The maximum atomic E-state index is 12.5. The second-order valence-corrected chi connectivity index (χ2v) is 4.68. The van der Waals surface area contributed by atoms with Crippen LogP contribution in [0.4, 0.5) is 5.69 Å². The highest BCUT2D eigenvalue weighted by Gasteiger charge is 2.31. The average Bonchev–Trinajstić information content (AvgIpc) is 2.32. The lowest BCUT2D eigenvalue weighted by Gasteiger charge is -2.37. The molecule has 1 aliphatic rings. The minimum absolute atomic E-state index is 0.124. The zero-order valence-corrected chi connectivity index (χ0v) is 11.0. The number of likely N-dealkylation sites (N-methyl/N-ethyl adjacent to an activating group) is 1. The molecule has 0 unspecified atom stereocenters. The van der Waals surface area contributed by atoms with Crippen molar-refractivity contribution in [2.75, 3.05) is 19.6 Å². The van der Waals surface area contributed by atoms with Crippen molar-refractivity contribution < 1.29 is 9.72 Å². The van der Waals surface area contributed by atoms with Gasteiger partial charge in [-0.05, 0) is 25.5 Å². The summed E-state index contributed by atoms with van der Waals surface area (Å²) < 4.78 is 0. The van der Waals surface area contributed by atoms with Crippen LogP contribution in [0.1, 0.15) is 22.8 Å². The zero-order valence-electron chi connectivity index (χ0n) is 11.0. The van der Waals surface area contributed by atoms with E-state index in [0.29, 0.717) is 6.54 Å². The van der Waals surface area contributed by atoms with E-state index in [2.05, 4.69) is 5.32 Å². The summed E-state index contributed by atoms with van der Waals surface area (Å²) in [5, 5.41) is 14.1. The number of aryl methyl sites for hydroxylation is 1. The Balaban J connectivity index is 2.35. The van der Waals surface area contributed by atoms with Gasteiger partial charge in [-0.3, -0.25) is 14.9 Å². The topological polar surface area (TPSA) is 75.5 Å². The summed E-state index contributed by atoms with van der Waals surface area (Å²) in [5.41, 5.74) is 0.900. The predicted octanol–water partition coefficient (Wildman–Crippen LogP) is 1.34. The van der Waals surface area contributed by atoms with Crippen LogP contribution in [0.15, 0.2) is 18.2 Å². The average molecular weight is 263 g/mol. The Morgan fingerprint density at radius 3 is 2.68 bits per heavy atom. The van der Waals surface area contributed by atoms with Gasteiger partial charge >= 0.3 is 0 Å². The molecule has 0 aliphatic carbocycles. The Kier molecular flexibility index (Phi) is 3.80. The number of benzene rings is 1. The fraction of sp³-hybridized carbons (Fsp3) is 0.462. The Labute approximate surface area is 111 Å². The summed E-state index contributed by atoms with van der Waals surface area (Å²) in [6.07, 6.45) is 0. The minimum Gasteiger partial charge on any atom is -0.333 e. The molecule has 0 spiro atoms. The molecule has 1 amide bonds. The normalized spacial score (nSPS) is 14.8. The fourth-order valence-corrected chi connectivity index (χ4v) is 2.20. The molecule has 6 nitrogen and oxygen atoms in total. The van der Waals surface area contributed by atoms with Crippen LogP contribution in [-0.4, -0.2) is 41.4 Å². The number of hydrogen-bond donors (Lipinski definition) is 1. The van der Waals surface area contributed by atoms with Crippen LogP contribution in [0.25, 0.3) is 0 Å². The lowest BCUT2D eigenvalue weighted by molar-refractivity contribution is -0.385. The van der Waals surface area contributed by atoms with E-state index in [4.69, 9.17) is 0 Å². The van der Waals surface area contributed by atoms with Crippen LogP contribution in [0, 0.1) is 17.0 Å². The third-order valence-corrected chi connectivity index (χ3v) is 3.38. The SMILES string of the molecule is CCN(C(=O)c1cc(C)ccc1[N+](=O)[O-])C1CNC1. The summed E-state index contributed by atoms with van der Waals surface area (Å²) in [6, 6.07) is 4.78. The molecule has 1 aromatic carbocycles. The Bertz CT molecular complexity index is 512. The number of amides is 1. The highest BCUT2D eigenvalue weighted by Crippen LogP contribution is 2.23. The van der Waals surface area contributed by atoms with Crippen molar-refractivity contribution in [3.8, 4) is 0 Å². The van der Waals surface area contributed by atoms with Gasteiger partial charge in [-0.15, -0.1) is 0 Å². The first-order valence-corrected chi connectivity index (χ1v) is 6.31. The quantitative estimate of drug-likeness (QED) is 0.657. The van der Waals surface area contributed by atoms with Gasteiger partial charge in [0.05, 0.1) is 11.0 Å². The number of nitrogens with one attached hydrogen (secondary N) is 1. The Morgan fingerprint density at radius 1 is 1.53 bits per heavy atom. The smallest absolute Gasteiger partial charge is 0.282 e. The molecule has 1 fully saturated rings. The van der Waals surface area contributed by atoms with Crippen LogP contribution in [0.5, 0.6) is 0 Å². The van der Waals surface area contributed by atoms with Gasteiger partial charge in [0.25, 0.3) is 11.6 Å². The molecule has 6 heteroatoms. The molecule has 0 radical (unpaired) electrons. The van der Waals surface area contributed by atoms with E-state index >= 15 is 0 Å². The first-order valence-electron chi connectivity index (χ1n) is 6.31. The molecule has 1 aliphatic heterocycles. The molecule has 2 rings (SSSR count). The predicted molar refractivity (Wildman–Crippen MR) is 71.2 cm³/mol. The molecule has 0 atom stereocenters. The lowest BCUT2D eigenvalue weighted by atomic mass is 10.1. The van der Waals surface area contributed by atoms with Gasteiger partial charge in [0.2, 0.25) is 0 Å². The molecule has 0 saturated carbocycles. The standard InChI is InChI=1S/C13H17N3O3/c1-3-15(10-7-14-8-10)13(17)11-6-9(2)4-5-12(11)16(18)19/h4-6,10,14H,3,7-8H2,1-2H3. The van der Waals surface area contributed by atoms with E-state index < -0.39 is 4.92 Å². The van der Waals surface area contributed by atoms with E-state index in [1.165, 1.54) is 6.07 Å². The summed E-state index contributed by atoms with van der Waals surface area (Å²) >= 11 is 0. The molecule has 0 aromatic heterocycles. The third-order valence-electron chi connectivity index (χ3n) is 3.38. The van der Waals surface area contributed by atoms with Crippen molar-refractivity contribution >= 4 is 11.6 Å². The number of carbonyl (C=O) groups is 1. The van der Waals surface area contributed by atoms with Crippen LogP contribution in [0.3, 0.4) is 0 Å². The molecule has 102 valence electrons. The number of nitrogens with zero attached hydrogens (tertiary/aromatic N) is 2. The number of hydrogen-bond acceptors (Lipinski definition) is 4. The molecule has 0 bridgehead atoms. The van der Waals surface area contributed by atoms with Gasteiger partial charge in [-0.2, -0.15) is 0 Å².